The van der Waals surface area contributed by atoms with Gasteiger partial charge in [-0.15, -0.1) is 0 Å². The van der Waals surface area contributed by atoms with Gasteiger partial charge in [0.15, 0.2) is 11.9 Å². The zero-order chi connectivity index (χ0) is 29.6. The molecule has 4 aliphatic rings. The Kier molecular flexibility index (Phi) is 6.93. The van der Waals surface area contributed by atoms with Crippen molar-refractivity contribution in [3.8, 4) is 0 Å². The highest BCUT2D eigenvalue weighted by molar-refractivity contribution is 5.93. The lowest BCUT2D eigenvalue weighted by Crippen LogP contribution is -2.78. The topological polar surface area (TPSA) is 154 Å². The second-order valence-corrected chi connectivity index (χ2v) is 13.3. The van der Waals surface area contributed by atoms with Crippen molar-refractivity contribution < 1.29 is 44.6 Å². The summed E-state index contributed by atoms with van der Waals surface area (Å²) in [6, 6.07) is 9.07. The van der Waals surface area contributed by atoms with Crippen LogP contribution in [0.25, 0.3) is 0 Å². The number of Topliss-reactive ketones (excluding diaryl/α,β-unsaturated/α-hetero) is 1. The number of carbonyl (C=O) groups is 2. The molecule has 9 heteroatoms. The molecule has 1 heterocycles. The number of aliphatic hydroxyl groups excluding tert-OH is 3. The fraction of sp³-hybridized carbons (Fsp3) is 0.677. The van der Waals surface area contributed by atoms with Gasteiger partial charge in [0.2, 0.25) is 0 Å². The van der Waals surface area contributed by atoms with Crippen LogP contribution in [0.1, 0.15) is 65.9 Å². The summed E-state index contributed by atoms with van der Waals surface area (Å²) >= 11 is 0. The van der Waals surface area contributed by atoms with Gasteiger partial charge in [-0.05, 0) is 36.5 Å². The minimum atomic E-state index is -1.72. The summed E-state index contributed by atoms with van der Waals surface area (Å²) in [7, 11) is 0. The first-order valence-electron chi connectivity index (χ1n) is 14.1. The number of carbonyl (C=O) groups excluding carboxylic acids is 2. The number of hydrogen-bond donors (Lipinski definition) is 5. The molecule has 5 rings (SSSR count). The first-order chi connectivity index (χ1) is 18.5. The van der Waals surface area contributed by atoms with E-state index in [-0.39, 0.29) is 25.0 Å². The predicted octanol–water partition coefficient (Wildman–Crippen LogP) is 1.64. The third kappa shape index (κ3) is 3.75. The molecule has 0 aromatic heterocycles. The van der Waals surface area contributed by atoms with Crippen LogP contribution < -0.4 is 0 Å². The van der Waals surface area contributed by atoms with Gasteiger partial charge in [-0.25, -0.2) is 4.79 Å². The molecule has 8 unspecified atom stereocenters. The molecule has 11 atom stereocenters. The molecule has 1 aromatic carbocycles. The molecule has 0 radical (unpaired) electrons. The number of hydrogen-bond acceptors (Lipinski definition) is 9. The molecule has 2 bridgehead atoms. The number of fused-ring (bicyclic) bond motifs is 5. The summed E-state index contributed by atoms with van der Waals surface area (Å²) in [5.74, 6) is -3.82. The van der Waals surface area contributed by atoms with Crippen LogP contribution in [0.3, 0.4) is 0 Å². The van der Waals surface area contributed by atoms with Crippen LogP contribution in [0, 0.1) is 22.7 Å². The van der Waals surface area contributed by atoms with E-state index in [1.54, 1.807) is 53.7 Å². The Morgan fingerprint density at radius 1 is 1.12 bits per heavy atom. The molecule has 5 N–H and O–H groups in total. The molecule has 3 aliphatic carbocycles. The van der Waals surface area contributed by atoms with E-state index >= 15 is 0 Å². The van der Waals surface area contributed by atoms with Crippen molar-refractivity contribution >= 4 is 11.8 Å². The van der Waals surface area contributed by atoms with E-state index in [0.29, 0.717) is 5.57 Å². The molecule has 2 saturated carbocycles. The molecule has 0 spiro atoms. The first-order valence-corrected chi connectivity index (χ1v) is 14.1. The van der Waals surface area contributed by atoms with Crippen LogP contribution in [0.15, 0.2) is 41.5 Å². The molecule has 1 aliphatic heterocycles. The maximum atomic E-state index is 14.1. The Hall–Kier alpha value is -2.14. The summed E-state index contributed by atoms with van der Waals surface area (Å²) in [6.07, 6.45) is -6.20. The van der Waals surface area contributed by atoms with Crippen molar-refractivity contribution in [2.45, 2.75) is 102 Å². The number of ketones is 1. The third-order valence-electron chi connectivity index (χ3n) is 11.2. The molecule has 1 saturated heterocycles. The lowest BCUT2D eigenvalue weighted by Gasteiger charge is -2.67. The van der Waals surface area contributed by atoms with Crippen LogP contribution in [0.5, 0.6) is 0 Å². The molecule has 220 valence electrons. The molecule has 9 nitrogen and oxygen atoms in total. The fourth-order valence-electron chi connectivity index (χ4n) is 8.47. The van der Waals surface area contributed by atoms with Gasteiger partial charge < -0.3 is 35.0 Å². The van der Waals surface area contributed by atoms with Gasteiger partial charge in [0.25, 0.3) is 0 Å². The van der Waals surface area contributed by atoms with Crippen LogP contribution in [0.2, 0.25) is 0 Å². The van der Waals surface area contributed by atoms with Gasteiger partial charge in [0.05, 0.1) is 29.8 Å². The highest BCUT2D eigenvalue weighted by Crippen LogP contribution is 2.64. The summed E-state index contributed by atoms with van der Waals surface area (Å²) in [5.41, 5.74) is -4.48. The fourth-order valence-corrected chi connectivity index (χ4v) is 8.47. The van der Waals surface area contributed by atoms with E-state index < -0.39 is 82.1 Å². The molecule has 40 heavy (non-hydrogen) atoms. The standard InChI is InChI=1S/C31H42O9/c1-15(18-10-8-7-9-11-18)23(33)27(36)40-19-13-31(38)17(3)25-29(6,20(32)12-21-30(25,37)14-39-21)26(35)24(34)22(16(19)2)28(31,4)5/h7-11,15,17,19-21,23-25,32-34,37-38H,12-14H2,1-6H3/t15-,17-,19?,20?,21?,23?,24?,25?,29+,30?,31?/m0/s1. The van der Waals surface area contributed by atoms with Gasteiger partial charge in [-0.1, -0.05) is 58.0 Å². The number of aliphatic hydroxyl groups is 5. The van der Waals surface area contributed by atoms with Crippen molar-refractivity contribution in [3.05, 3.63) is 47.0 Å². The average Bonchev–Trinajstić information content (AvgIpc) is 2.91. The lowest BCUT2D eigenvalue weighted by atomic mass is 9.43. The zero-order valence-corrected chi connectivity index (χ0v) is 24.0. The Morgan fingerprint density at radius 2 is 1.75 bits per heavy atom. The number of esters is 1. The summed E-state index contributed by atoms with van der Waals surface area (Å²) in [4.78, 5) is 27.3. The van der Waals surface area contributed by atoms with Gasteiger partial charge in [-0.3, -0.25) is 4.79 Å². The van der Waals surface area contributed by atoms with Gasteiger partial charge >= 0.3 is 5.97 Å². The van der Waals surface area contributed by atoms with Crippen molar-refractivity contribution in [1.29, 1.82) is 0 Å². The number of rotatable bonds is 4. The second-order valence-electron chi connectivity index (χ2n) is 13.3. The van der Waals surface area contributed by atoms with E-state index in [9.17, 15) is 35.1 Å². The Labute approximate surface area is 234 Å². The quantitative estimate of drug-likeness (QED) is 0.274. The van der Waals surface area contributed by atoms with E-state index in [2.05, 4.69) is 0 Å². The minimum absolute atomic E-state index is 0.0340. The van der Waals surface area contributed by atoms with Crippen molar-refractivity contribution in [2.75, 3.05) is 6.61 Å². The highest BCUT2D eigenvalue weighted by Gasteiger charge is 2.74. The predicted molar refractivity (Wildman–Crippen MR) is 144 cm³/mol. The maximum absolute atomic E-state index is 14.1. The summed E-state index contributed by atoms with van der Waals surface area (Å²) < 4.78 is 11.4. The smallest absolute Gasteiger partial charge is 0.336 e. The van der Waals surface area contributed by atoms with Crippen molar-refractivity contribution in [2.24, 2.45) is 22.7 Å². The summed E-state index contributed by atoms with van der Waals surface area (Å²) in [5, 5.41) is 58.1. The van der Waals surface area contributed by atoms with Crippen LogP contribution >= 0.6 is 0 Å². The molecular weight excluding hydrogens is 516 g/mol. The minimum Gasteiger partial charge on any atom is -0.456 e. The lowest BCUT2D eigenvalue weighted by molar-refractivity contribution is -0.335. The largest absolute Gasteiger partial charge is 0.456 e. The Balaban J connectivity index is 1.57. The highest BCUT2D eigenvalue weighted by atomic mass is 16.6. The average molecular weight is 559 g/mol. The number of benzene rings is 1. The molecular formula is C31H42O9. The normalized spacial score (nSPS) is 43.8. The van der Waals surface area contributed by atoms with E-state index in [1.807, 2.05) is 18.2 Å². The molecule has 3 fully saturated rings. The van der Waals surface area contributed by atoms with Crippen LogP contribution in [-0.4, -0.2) is 85.6 Å². The van der Waals surface area contributed by atoms with Crippen LogP contribution in [-0.2, 0) is 19.1 Å². The first kappa shape index (κ1) is 29.4. The van der Waals surface area contributed by atoms with Gasteiger partial charge in [0.1, 0.15) is 17.8 Å². The van der Waals surface area contributed by atoms with E-state index in [1.165, 1.54) is 0 Å². The maximum Gasteiger partial charge on any atom is 0.336 e. The summed E-state index contributed by atoms with van der Waals surface area (Å²) in [6.45, 7) is 10.1. The SMILES string of the molecule is CC1=C2C(O)C(=O)[C@]3(C)C(O)CC4OCC4(O)C3[C@H](C)C(O)(CC1OC(=O)C(O)[C@@H](C)c1ccccc1)C2(C)C. The molecule has 1 aromatic rings. The zero-order valence-electron chi connectivity index (χ0n) is 24.0. The van der Waals surface area contributed by atoms with E-state index in [0.717, 1.165) is 5.56 Å². The van der Waals surface area contributed by atoms with Crippen molar-refractivity contribution in [3.63, 3.8) is 0 Å². The van der Waals surface area contributed by atoms with Gasteiger partial charge in [-0.2, -0.15) is 0 Å². The van der Waals surface area contributed by atoms with Crippen molar-refractivity contribution in [1.82, 2.24) is 0 Å². The third-order valence-corrected chi connectivity index (χ3v) is 11.2. The second kappa shape index (κ2) is 9.44. The monoisotopic (exact) mass is 558 g/mol. The Bertz CT molecular complexity index is 1230. The Morgan fingerprint density at radius 3 is 2.33 bits per heavy atom. The van der Waals surface area contributed by atoms with E-state index in [4.69, 9.17) is 9.47 Å². The number of ether oxygens (including phenoxy) is 2. The van der Waals surface area contributed by atoms with Crippen LogP contribution in [0.4, 0.5) is 0 Å². The van der Waals surface area contributed by atoms with Gasteiger partial charge in [0, 0.05) is 30.1 Å². The molecule has 0 amide bonds.